The highest BCUT2D eigenvalue weighted by molar-refractivity contribution is 7.57. The number of hydrogen-bond acceptors (Lipinski definition) is 4. The Bertz CT molecular complexity index is 2200. The van der Waals surface area contributed by atoms with Gasteiger partial charge in [-0.1, -0.05) is 106 Å². The second-order valence-electron chi connectivity index (χ2n) is 13.7. The summed E-state index contributed by atoms with van der Waals surface area (Å²) in [7, 11) is -3.08. The Kier molecular flexibility index (Phi) is 9.87. The van der Waals surface area contributed by atoms with E-state index in [-0.39, 0.29) is 5.41 Å². The van der Waals surface area contributed by atoms with E-state index in [1.54, 1.807) is 0 Å². The van der Waals surface area contributed by atoms with Crippen molar-refractivity contribution in [3.63, 3.8) is 0 Å². The quantitative estimate of drug-likeness (QED) is 0.124. The van der Waals surface area contributed by atoms with Crippen LogP contribution in [-0.2, 0) is 5.41 Å². The zero-order valence-electron chi connectivity index (χ0n) is 29.8. The highest BCUT2D eigenvalue weighted by Gasteiger charge is 2.25. The Morgan fingerprint density at radius 1 is 0.396 bits per heavy atom. The van der Waals surface area contributed by atoms with Crippen molar-refractivity contribution in [2.24, 2.45) is 0 Å². The van der Waals surface area contributed by atoms with E-state index in [0.717, 1.165) is 61.1 Å². The van der Waals surface area contributed by atoms with Gasteiger partial charge in [-0.15, -0.1) is 0 Å². The van der Waals surface area contributed by atoms with Crippen molar-refractivity contribution in [1.29, 1.82) is 0 Å². The second-order valence-corrected chi connectivity index (χ2v) is 16.5. The lowest BCUT2D eigenvalue weighted by Gasteiger charge is -2.20. The minimum atomic E-state index is -1.54. The van der Waals surface area contributed by atoms with Crippen LogP contribution in [0.15, 0.2) is 182 Å². The van der Waals surface area contributed by atoms with E-state index < -0.39 is 16.8 Å². The van der Waals surface area contributed by atoms with Crippen molar-refractivity contribution in [1.82, 2.24) is 4.57 Å². The Hall–Kier alpha value is -5.60. The van der Waals surface area contributed by atoms with Crippen molar-refractivity contribution in [3.05, 3.63) is 188 Å². The Morgan fingerprint density at radius 3 is 1.06 bits per heavy atom. The summed E-state index contributed by atoms with van der Waals surface area (Å²) in [5.41, 5.74) is 4.58. The van der Waals surface area contributed by atoms with Gasteiger partial charge < -0.3 is 22.7 Å². The molecule has 8 aromatic rings. The summed E-state index contributed by atoms with van der Waals surface area (Å²) >= 11 is 0. The highest BCUT2D eigenvalue weighted by atomic mass is 31.2. The van der Waals surface area contributed by atoms with Crippen LogP contribution in [-0.4, -0.2) is 4.57 Å². The molecular formula is C46H39NO4P2. The van der Waals surface area contributed by atoms with Crippen LogP contribution in [0.4, 0.5) is 0 Å². The molecule has 0 saturated carbocycles. The maximum atomic E-state index is 6.60. The lowest BCUT2D eigenvalue weighted by atomic mass is 9.87. The van der Waals surface area contributed by atoms with Gasteiger partial charge in [0, 0.05) is 16.5 Å². The molecule has 262 valence electrons. The third-order valence-electron chi connectivity index (χ3n) is 8.87. The van der Waals surface area contributed by atoms with Crippen LogP contribution in [0.1, 0.15) is 26.3 Å². The summed E-state index contributed by atoms with van der Waals surface area (Å²) in [4.78, 5) is 0. The summed E-state index contributed by atoms with van der Waals surface area (Å²) in [6.07, 6.45) is 0. The Labute approximate surface area is 313 Å². The minimum Gasteiger partial charge on any atom is -0.435 e. The van der Waals surface area contributed by atoms with Crippen LogP contribution < -0.4 is 28.7 Å². The van der Waals surface area contributed by atoms with E-state index in [1.807, 2.05) is 121 Å². The molecule has 0 unspecified atom stereocenters. The van der Waals surface area contributed by atoms with Crippen molar-refractivity contribution >= 4 is 49.2 Å². The zero-order chi connectivity index (χ0) is 36.2. The van der Waals surface area contributed by atoms with Crippen LogP contribution in [0.5, 0.6) is 23.0 Å². The molecule has 0 aliphatic heterocycles. The molecule has 0 spiro atoms. The molecule has 0 aliphatic rings. The third-order valence-corrected chi connectivity index (χ3v) is 11.8. The first kappa shape index (κ1) is 34.5. The molecule has 7 aromatic carbocycles. The van der Waals surface area contributed by atoms with E-state index in [4.69, 9.17) is 18.1 Å². The van der Waals surface area contributed by atoms with E-state index in [0.29, 0.717) is 0 Å². The fourth-order valence-corrected chi connectivity index (χ4v) is 8.78. The number of rotatable bonds is 11. The monoisotopic (exact) mass is 731 g/mol. The molecule has 8 rings (SSSR count). The van der Waals surface area contributed by atoms with Gasteiger partial charge in [0.25, 0.3) is 0 Å². The molecule has 0 N–H and O–H groups in total. The van der Waals surface area contributed by atoms with Gasteiger partial charge in [-0.25, -0.2) is 0 Å². The molecule has 5 nitrogen and oxygen atoms in total. The summed E-state index contributed by atoms with van der Waals surface area (Å²) < 4.78 is 28.7. The molecule has 0 radical (unpaired) electrons. The number of nitrogens with zero attached hydrogens (tertiary/aromatic N) is 1. The smallest absolute Gasteiger partial charge is 0.326 e. The van der Waals surface area contributed by atoms with E-state index in [1.165, 1.54) is 5.56 Å². The molecule has 0 aliphatic carbocycles. The molecule has 0 saturated heterocycles. The SMILES string of the molecule is CC(C)(C)c1ccc(-n2c3ccc(P(Oc4ccccc4)Oc4ccccc4)cc3c3cc(P(Oc4ccccc4)Oc4ccccc4)ccc32)cc1. The summed E-state index contributed by atoms with van der Waals surface area (Å²) in [5, 5.41) is 4.07. The average Bonchev–Trinajstić information content (AvgIpc) is 3.52. The molecule has 0 amide bonds. The highest BCUT2D eigenvalue weighted by Crippen LogP contribution is 2.44. The lowest BCUT2D eigenvalue weighted by Crippen LogP contribution is -2.11. The maximum absolute atomic E-state index is 6.60. The number of benzene rings is 7. The predicted octanol–water partition coefficient (Wildman–Crippen LogP) is 12.3. The van der Waals surface area contributed by atoms with Gasteiger partial charge in [0.15, 0.2) is 0 Å². The topological polar surface area (TPSA) is 41.9 Å². The fraction of sp³-hybridized carbons (Fsp3) is 0.0870. The van der Waals surface area contributed by atoms with Gasteiger partial charge >= 0.3 is 16.8 Å². The number of para-hydroxylation sites is 4. The fourth-order valence-electron chi connectivity index (χ4n) is 6.17. The first-order chi connectivity index (χ1) is 25.9. The van der Waals surface area contributed by atoms with Crippen molar-refractivity contribution in [3.8, 4) is 28.7 Å². The molecule has 0 bridgehead atoms. The molecule has 0 fully saturated rings. The predicted molar refractivity (Wildman–Crippen MR) is 221 cm³/mol. The van der Waals surface area contributed by atoms with E-state index in [2.05, 4.69) is 86.0 Å². The summed E-state index contributed by atoms with van der Waals surface area (Å²) in [6, 6.07) is 61.4. The van der Waals surface area contributed by atoms with Crippen molar-refractivity contribution in [2.75, 3.05) is 0 Å². The van der Waals surface area contributed by atoms with Gasteiger partial charge in [0.05, 0.1) is 21.6 Å². The molecule has 7 heteroatoms. The molecule has 1 aromatic heterocycles. The largest absolute Gasteiger partial charge is 0.435 e. The zero-order valence-corrected chi connectivity index (χ0v) is 31.6. The average molecular weight is 732 g/mol. The first-order valence-electron chi connectivity index (χ1n) is 17.6. The number of fused-ring (bicyclic) bond motifs is 3. The van der Waals surface area contributed by atoms with Crippen LogP contribution in [0.2, 0.25) is 0 Å². The van der Waals surface area contributed by atoms with Gasteiger partial charge in [-0.2, -0.15) is 0 Å². The van der Waals surface area contributed by atoms with Crippen LogP contribution >= 0.6 is 16.8 Å². The van der Waals surface area contributed by atoms with Crippen molar-refractivity contribution < 1.29 is 18.1 Å². The first-order valence-corrected chi connectivity index (χ1v) is 20.0. The van der Waals surface area contributed by atoms with Crippen molar-refractivity contribution in [2.45, 2.75) is 26.2 Å². The minimum absolute atomic E-state index is 0.0481. The number of aromatic nitrogens is 1. The van der Waals surface area contributed by atoms with Gasteiger partial charge in [0.2, 0.25) is 0 Å². The normalized spacial score (nSPS) is 11.6. The van der Waals surface area contributed by atoms with Gasteiger partial charge in [0.1, 0.15) is 23.0 Å². The Balaban J connectivity index is 1.29. The molecular weight excluding hydrogens is 692 g/mol. The van der Waals surface area contributed by atoms with Gasteiger partial charge in [-0.3, -0.25) is 0 Å². The maximum Gasteiger partial charge on any atom is 0.326 e. The number of hydrogen-bond donors (Lipinski definition) is 0. The summed E-state index contributed by atoms with van der Waals surface area (Å²) in [5.74, 6) is 3.00. The molecule has 53 heavy (non-hydrogen) atoms. The standard InChI is InChI=1S/C46H39NO4P2/c1-46(2,3)34-24-26-35(27-25-34)47-44-30-28-40(52(48-36-16-8-4-9-17-36)49-37-18-10-5-11-19-37)32-42(44)43-33-41(29-31-45(43)47)53(50-38-20-12-6-13-21-38)51-39-22-14-7-15-23-39/h4-33H,1-3H3. The lowest BCUT2D eigenvalue weighted by molar-refractivity contribution is 0.501. The Morgan fingerprint density at radius 2 is 0.736 bits per heavy atom. The van der Waals surface area contributed by atoms with Crippen LogP contribution in [0, 0.1) is 0 Å². The second kappa shape index (κ2) is 15.2. The van der Waals surface area contributed by atoms with Crippen LogP contribution in [0.25, 0.3) is 27.5 Å². The van der Waals surface area contributed by atoms with E-state index >= 15 is 0 Å². The van der Waals surface area contributed by atoms with Gasteiger partial charge in [-0.05, 0) is 108 Å². The molecule has 1 heterocycles. The van der Waals surface area contributed by atoms with E-state index in [9.17, 15) is 0 Å². The van der Waals surface area contributed by atoms with Crippen LogP contribution in [0.3, 0.4) is 0 Å². The third kappa shape index (κ3) is 7.78. The molecule has 0 atom stereocenters. The summed E-state index contributed by atoms with van der Waals surface area (Å²) in [6.45, 7) is 6.73.